The molecule has 0 aliphatic heterocycles. The fraction of sp³-hybridized carbons (Fsp3) is 1.00. The lowest BCUT2D eigenvalue weighted by Crippen LogP contribution is -1.91. The van der Waals surface area contributed by atoms with Gasteiger partial charge in [0.1, 0.15) is 0 Å². The number of aliphatic hydroxyl groups is 2. The van der Waals surface area contributed by atoms with E-state index in [1.54, 1.807) is 11.8 Å². The predicted octanol–water partition coefficient (Wildman–Crippen LogP) is 3.02. The minimum Gasteiger partial charge on any atom is -0.396 e. The molecule has 0 saturated heterocycles. The Morgan fingerprint density at radius 3 is 1.38 bits per heavy atom. The SMILES string of the molecule is CCCCSCCCC.OCCSCCO. The van der Waals surface area contributed by atoms with E-state index in [0.717, 1.165) is 11.5 Å². The molecule has 0 bridgehead atoms. The Balaban J connectivity index is 0. The largest absolute Gasteiger partial charge is 0.396 e. The summed E-state index contributed by atoms with van der Waals surface area (Å²) in [5.74, 6) is 4.22. The van der Waals surface area contributed by atoms with Gasteiger partial charge in [0.05, 0.1) is 13.2 Å². The molecule has 2 nitrogen and oxygen atoms in total. The van der Waals surface area contributed by atoms with E-state index in [9.17, 15) is 0 Å². The maximum absolute atomic E-state index is 8.19. The molecule has 0 unspecified atom stereocenters. The summed E-state index contributed by atoms with van der Waals surface area (Å²) in [6.45, 7) is 4.93. The maximum Gasteiger partial charge on any atom is 0.0521 e. The van der Waals surface area contributed by atoms with E-state index >= 15 is 0 Å². The molecular formula is C12H28O2S2. The molecule has 4 heteroatoms. The number of thioether (sulfide) groups is 2. The molecule has 100 valence electrons. The van der Waals surface area contributed by atoms with Crippen molar-refractivity contribution in [3.63, 3.8) is 0 Å². The number of aliphatic hydroxyl groups excluding tert-OH is 2. The Hall–Kier alpha value is 0.620. The van der Waals surface area contributed by atoms with Crippen molar-refractivity contribution in [2.75, 3.05) is 36.2 Å². The van der Waals surface area contributed by atoms with E-state index in [1.807, 2.05) is 0 Å². The van der Waals surface area contributed by atoms with Crippen LogP contribution in [0.5, 0.6) is 0 Å². The predicted molar refractivity (Wildman–Crippen MR) is 78.6 cm³/mol. The maximum atomic E-state index is 8.19. The summed E-state index contributed by atoms with van der Waals surface area (Å²) in [5, 5.41) is 16.4. The smallest absolute Gasteiger partial charge is 0.0521 e. The lowest BCUT2D eigenvalue weighted by atomic mass is 10.4. The molecule has 0 spiro atoms. The molecule has 0 fully saturated rings. The van der Waals surface area contributed by atoms with Gasteiger partial charge < -0.3 is 10.2 Å². The van der Waals surface area contributed by atoms with Crippen LogP contribution in [0.15, 0.2) is 0 Å². The van der Waals surface area contributed by atoms with Crippen molar-refractivity contribution < 1.29 is 10.2 Å². The summed E-state index contributed by atoms with van der Waals surface area (Å²) in [5.41, 5.74) is 0. The van der Waals surface area contributed by atoms with Crippen molar-refractivity contribution in [2.24, 2.45) is 0 Å². The van der Waals surface area contributed by atoms with E-state index in [1.165, 1.54) is 37.2 Å². The Kier molecular flexibility index (Phi) is 24.9. The van der Waals surface area contributed by atoms with Crippen LogP contribution < -0.4 is 0 Å². The normalized spacial score (nSPS) is 9.75. The first kappa shape index (κ1) is 19.0. The molecule has 0 radical (unpaired) electrons. The van der Waals surface area contributed by atoms with Crippen LogP contribution in [0.1, 0.15) is 39.5 Å². The molecule has 0 atom stereocenters. The summed E-state index contributed by atoms with van der Waals surface area (Å²) in [6.07, 6.45) is 5.49. The molecule has 2 N–H and O–H groups in total. The zero-order valence-electron chi connectivity index (χ0n) is 10.8. The summed E-state index contributed by atoms with van der Waals surface area (Å²) in [6, 6.07) is 0. The molecule has 0 aliphatic rings. The van der Waals surface area contributed by atoms with E-state index in [-0.39, 0.29) is 13.2 Å². The van der Waals surface area contributed by atoms with E-state index in [0.29, 0.717) is 0 Å². The highest BCUT2D eigenvalue weighted by Gasteiger charge is 1.85. The van der Waals surface area contributed by atoms with Gasteiger partial charge in [0.25, 0.3) is 0 Å². The standard InChI is InChI=1S/C8H18S.C4H10O2S/c1-3-5-7-9-8-6-4-2;5-1-3-7-4-2-6/h3-8H2,1-2H3;5-6H,1-4H2. The van der Waals surface area contributed by atoms with Crippen LogP contribution in [-0.2, 0) is 0 Å². The van der Waals surface area contributed by atoms with Crippen LogP contribution in [0, 0.1) is 0 Å². The quantitative estimate of drug-likeness (QED) is 0.598. The zero-order chi connectivity index (χ0) is 12.5. The van der Waals surface area contributed by atoms with Crippen LogP contribution >= 0.6 is 23.5 Å². The van der Waals surface area contributed by atoms with Crippen molar-refractivity contribution in [3.05, 3.63) is 0 Å². The molecular weight excluding hydrogens is 240 g/mol. The highest BCUT2D eigenvalue weighted by Crippen LogP contribution is 2.06. The molecule has 0 aromatic carbocycles. The van der Waals surface area contributed by atoms with Gasteiger partial charge in [-0.25, -0.2) is 0 Å². The van der Waals surface area contributed by atoms with Gasteiger partial charge in [-0.2, -0.15) is 23.5 Å². The van der Waals surface area contributed by atoms with Gasteiger partial charge in [0, 0.05) is 11.5 Å². The highest BCUT2D eigenvalue weighted by atomic mass is 32.2. The van der Waals surface area contributed by atoms with Crippen molar-refractivity contribution in [2.45, 2.75) is 39.5 Å². The molecule has 0 aromatic heterocycles. The average Bonchev–Trinajstić information content (AvgIpc) is 2.31. The molecule has 0 aromatic rings. The van der Waals surface area contributed by atoms with Gasteiger partial charge in [-0.3, -0.25) is 0 Å². The second-order valence-electron chi connectivity index (χ2n) is 3.38. The highest BCUT2D eigenvalue weighted by molar-refractivity contribution is 7.99. The molecule has 16 heavy (non-hydrogen) atoms. The van der Waals surface area contributed by atoms with E-state index < -0.39 is 0 Å². The van der Waals surface area contributed by atoms with Gasteiger partial charge in [-0.15, -0.1) is 0 Å². The topological polar surface area (TPSA) is 40.5 Å². The van der Waals surface area contributed by atoms with Crippen LogP contribution in [-0.4, -0.2) is 46.4 Å². The minimum atomic E-state index is 0.213. The van der Waals surface area contributed by atoms with Gasteiger partial charge in [-0.1, -0.05) is 26.7 Å². The van der Waals surface area contributed by atoms with Gasteiger partial charge in [-0.05, 0) is 24.3 Å². The van der Waals surface area contributed by atoms with Gasteiger partial charge in [0.2, 0.25) is 0 Å². The fourth-order valence-electron chi connectivity index (χ4n) is 0.826. The van der Waals surface area contributed by atoms with Crippen LogP contribution in [0.3, 0.4) is 0 Å². The second kappa shape index (κ2) is 21.0. The lowest BCUT2D eigenvalue weighted by molar-refractivity contribution is 0.318. The van der Waals surface area contributed by atoms with Crippen LogP contribution in [0.25, 0.3) is 0 Å². The van der Waals surface area contributed by atoms with Crippen molar-refractivity contribution in [3.8, 4) is 0 Å². The third kappa shape index (κ3) is 24.0. The van der Waals surface area contributed by atoms with Gasteiger partial charge in [0.15, 0.2) is 0 Å². The first-order valence-corrected chi connectivity index (χ1v) is 8.51. The second-order valence-corrected chi connectivity index (χ2v) is 5.83. The molecule has 0 amide bonds. The minimum absolute atomic E-state index is 0.213. The Morgan fingerprint density at radius 1 is 0.688 bits per heavy atom. The summed E-state index contributed by atoms with van der Waals surface area (Å²) < 4.78 is 0. The number of rotatable bonds is 10. The first-order chi connectivity index (χ1) is 7.83. The molecule has 0 aliphatic carbocycles. The fourth-order valence-corrected chi connectivity index (χ4v) is 2.48. The Morgan fingerprint density at radius 2 is 1.06 bits per heavy atom. The first-order valence-electron chi connectivity index (χ1n) is 6.20. The van der Waals surface area contributed by atoms with E-state index in [2.05, 4.69) is 25.6 Å². The van der Waals surface area contributed by atoms with Crippen molar-refractivity contribution in [1.29, 1.82) is 0 Å². The number of hydrogen-bond acceptors (Lipinski definition) is 4. The summed E-state index contributed by atoms with van der Waals surface area (Å²) >= 11 is 3.66. The Labute approximate surface area is 110 Å². The average molecular weight is 268 g/mol. The summed E-state index contributed by atoms with van der Waals surface area (Å²) in [7, 11) is 0. The monoisotopic (exact) mass is 268 g/mol. The van der Waals surface area contributed by atoms with Crippen LogP contribution in [0.2, 0.25) is 0 Å². The Bertz CT molecular complexity index is 93.0. The van der Waals surface area contributed by atoms with Crippen LogP contribution in [0.4, 0.5) is 0 Å². The third-order valence-electron chi connectivity index (χ3n) is 1.76. The summed E-state index contributed by atoms with van der Waals surface area (Å²) in [4.78, 5) is 0. The molecule has 0 rings (SSSR count). The zero-order valence-corrected chi connectivity index (χ0v) is 12.4. The number of hydrogen-bond donors (Lipinski definition) is 2. The van der Waals surface area contributed by atoms with Crippen molar-refractivity contribution in [1.82, 2.24) is 0 Å². The molecule has 0 heterocycles. The molecule has 0 saturated carbocycles. The van der Waals surface area contributed by atoms with Gasteiger partial charge >= 0.3 is 0 Å². The third-order valence-corrected chi connectivity index (χ3v) is 3.85. The number of unbranched alkanes of at least 4 members (excludes halogenated alkanes) is 2. The van der Waals surface area contributed by atoms with E-state index in [4.69, 9.17) is 10.2 Å². The van der Waals surface area contributed by atoms with Crippen molar-refractivity contribution >= 4 is 23.5 Å². The lowest BCUT2D eigenvalue weighted by Gasteiger charge is -1.96.